The molecule has 1 fully saturated rings. The van der Waals surface area contributed by atoms with Crippen molar-refractivity contribution >= 4 is 23.2 Å². The van der Waals surface area contributed by atoms with Gasteiger partial charge in [0.1, 0.15) is 5.82 Å². The summed E-state index contributed by atoms with van der Waals surface area (Å²) >= 11 is 0. The number of Topliss-reactive ketones (excluding diaryl/α,β-unsaturated/α-hetero) is 1. The van der Waals surface area contributed by atoms with Gasteiger partial charge in [0.2, 0.25) is 5.91 Å². The zero-order valence-electron chi connectivity index (χ0n) is 15.0. The van der Waals surface area contributed by atoms with Crippen molar-refractivity contribution in [2.45, 2.75) is 13.3 Å². The largest absolute Gasteiger partial charge is 0.385 e. The fourth-order valence-electron chi connectivity index (χ4n) is 3.02. The monoisotopic (exact) mass is 352 g/mol. The zero-order valence-corrected chi connectivity index (χ0v) is 15.0. The van der Waals surface area contributed by atoms with Crippen LogP contribution in [0.4, 0.5) is 11.5 Å². The lowest BCUT2D eigenvalue weighted by Gasteiger charge is -2.35. The number of piperazine rings is 1. The van der Waals surface area contributed by atoms with Crippen LogP contribution in [0.2, 0.25) is 0 Å². The molecule has 2 heterocycles. The van der Waals surface area contributed by atoms with E-state index in [1.807, 2.05) is 35.2 Å². The second-order valence-corrected chi connectivity index (χ2v) is 6.37. The summed E-state index contributed by atoms with van der Waals surface area (Å²) in [6, 6.07) is 13.2. The molecule has 0 radical (unpaired) electrons. The normalized spacial score (nSPS) is 14.2. The molecule has 2 aromatic rings. The van der Waals surface area contributed by atoms with E-state index in [1.165, 1.54) is 0 Å². The van der Waals surface area contributed by atoms with Gasteiger partial charge < -0.3 is 15.1 Å². The number of nitrogens with one attached hydrogen (secondary N) is 1. The third-order valence-corrected chi connectivity index (χ3v) is 4.57. The maximum absolute atomic E-state index is 12.4. The summed E-state index contributed by atoms with van der Waals surface area (Å²) in [5.74, 6) is 1.19. The number of aromatic nitrogens is 1. The van der Waals surface area contributed by atoms with Crippen LogP contribution in [0, 0.1) is 0 Å². The lowest BCUT2D eigenvalue weighted by atomic mass is 10.1. The molecule has 6 heteroatoms. The molecule has 0 bridgehead atoms. The van der Waals surface area contributed by atoms with E-state index in [2.05, 4.69) is 15.2 Å². The Morgan fingerprint density at radius 3 is 2.38 bits per heavy atom. The maximum atomic E-state index is 12.4. The Morgan fingerprint density at radius 1 is 1.04 bits per heavy atom. The highest BCUT2D eigenvalue weighted by Gasteiger charge is 2.21. The summed E-state index contributed by atoms with van der Waals surface area (Å²) in [7, 11) is 0. The van der Waals surface area contributed by atoms with Gasteiger partial charge >= 0.3 is 0 Å². The maximum Gasteiger partial charge on any atom is 0.224 e. The lowest BCUT2D eigenvalue weighted by molar-refractivity contribution is -0.131. The molecular formula is C20H24N4O2. The highest BCUT2D eigenvalue weighted by molar-refractivity contribution is 5.94. The molecule has 1 saturated heterocycles. The molecule has 0 spiro atoms. The average Bonchev–Trinajstić information content (AvgIpc) is 2.69. The summed E-state index contributed by atoms with van der Waals surface area (Å²) < 4.78 is 0. The van der Waals surface area contributed by atoms with Crippen LogP contribution in [0.1, 0.15) is 23.7 Å². The fourth-order valence-corrected chi connectivity index (χ4v) is 3.02. The SMILES string of the molecule is CC(=O)c1ccc(NCCC(=O)N2CCN(c3ccccn3)CC2)cc1. The Bertz CT molecular complexity index is 738. The Labute approximate surface area is 153 Å². The number of carbonyl (C=O) groups is 2. The lowest BCUT2D eigenvalue weighted by Crippen LogP contribution is -2.49. The van der Waals surface area contributed by atoms with Gasteiger partial charge in [-0.15, -0.1) is 0 Å². The second-order valence-electron chi connectivity index (χ2n) is 6.37. The molecule has 0 aliphatic carbocycles. The van der Waals surface area contributed by atoms with E-state index in [1.54, 1.807) is 25.3 Å². The molecule has 1 amide bonds. The van der Waals surface area contributed by atoms with Gasteiger partial charge in [-0.3, -0.25) is 9.59 Å². The predicted octanol–water partition coefficient (Wildman–Crippen LogP) is 2.44. The van der Waals surface area contributed by atoms with Crippen LogP contribution in [-0.4, -0.2) is 54.3 Å². The van der Waals surface area contributed by atoms with Crippen molar-refractivity contribution < 1.29 is 9.59 Å². The Morgan fingerprint density at radius 2 is 1.77 bits per heavy atom. The van der Waals surface area contributed by atoms with Crippen LogP contribution in [0.25, 0.3) is 0 Å². The van der Waals surface area contributed by atoms with Crippen molar-refractivity contribution in [1.82, 2.24) is 9.88 Å². The topological polar surface area (TPSA) is 65.5 Å². The van der Waals surface area contributed by atoms with E-state index >= 15 is 0 Å². The van der Waals surface area contributed by atoms with Crippen molar-refractivity contribution in [2.24, 2.45) is 0 Å². The molecule has 1 aliphatic heterocycles. The van der Waals surface area contributed by atoms with Gasteiger partial charge in [-0.1, -0.05) is 6.07 Å². The summed E-state index contributed by atoms with van der Waals surface area (Å²) in [5, 5.41) is 3.24. The molecule has 6 nitrogen and oxygen atoms in total. The second kappa shape index (κ2) is 8.47. The number of anilines is 2. The first kappa shape index (κ1) is 17.9. The Hall–Kier alpha value is -2.89. The number of rotatable bonds is 6. The minimum Gasteiger partial charge on any atom is -0.385 e. The highest BCUT2D eigenvalue weighted by Crippen LogP contribution is 2.13. The van der Waals surface area contributed by atoms with Crippen molar-refractivity contribution in [3.8, 4) is 0 Å². The summed E-state index contributed by atoms with van der Waals surface area (Å²) in [5.41, 5.74) is 1.61. The Kier molecular flexibility index (Phi) is 5.84. The van der Waals surface area contributed by atoms with Gasteiger partial charge in [0.15, 0.2) is 5.78 Å². The van der Waals surface area contributed by atoms with E-state index in [9.17, 15) is 9.59 Å². The molecule has 26 heavy (non-hydrogen) atoms. The molecule has 1 aromatic carbocycles. The quantitative estimate of drug-likeness (QED) is 0.809. The molecule has 136 valence electrons. The molecule has 0 saturated carbocycles. The van der Waals surface area contributed by atoms with E-state index in [0.717, 1.165) is 37.7 Å². The molecular weight excluding hydrogens is 328 g/mol. The molecule has 1 aliphatic rings. The standard InChI is InChI=1S/C20H24N4O2/c1-16(25)17-5-7-18(8-6-17)21-11-9-20(26)24-14-12-23(13-15-24)19-4-2-3-10-22-19/h2-8,10,21H,9,11-15H2,1H3. The minimum absolute atomic E-state index is 0.0524. The van der Waals surface area contributed by atoms with Crippen LogP contribution < -0.4 is 10.2 Å². The number of hydrogen-bond acceptors (Lipinski definition) is 5. The van der Waals surface area contributed by atoms with Crippen LogP contribution in [-0.2, 0) is 4.79 Å². The van der Waals surface area contributed by atoms with Gasteiger partial charge in [0, 0.05) is 56.6 Å². The number of nitrogens with zero attached hydrogens (tertiary/aromatic N) is 3. The summed E-state index contributed by atoms with van der Waals surface area (Å²) in [6.45, 7) is 5.20. The van der Waals surface area contributed by atoms with E-state index in [4.69, 9.17) is 0 Å². The average molecular weight is 352 g/mol. The first-order chi connectivity index (χ1) is 12.6. The highest BCUT2D eigenvalue weighted by atomic mass is 16.2. The zero-order chi connectivity index (χ0) is 18.4. The van der Waals surface area contributed by atoms with Gasteiger partial charge in [-0.25, -0.2) is 4.98 Å². The third-order valence-electron chi connectivity index (χ3n) is 4.57. The third kappa shape index (κ3) is 4.59. The molecule has 1 N–H and O–H groups in total. The molecule has 0 unspecified atom stereocenters. The van der Waals surface area contributed by atoms with Crippen molar-refractivity contribution in [3.05, 3.63) is 54.2 Å². The van der Waals surface area contributed by atoms with Crippen LogP contribution in [0.5, 0.6) is 0 Å². The molecule has 0 atom stereocenters. The van der Waals surface area contributed by atoms with E-state index < -0.39 is 0 Å². The number of amides is 1. The predicted molar refractivity (Wildman–Crippen MR) is 103 cm³/mol. The van der Waals surface area contributed by atoms with Crippen molar-refractivity contribution in [3.63, 3.8) is 0 Å². The smallest absolute Gasteiger partial charge is 0.224 e. The van der Waals surface area contributed by atoms with Crippen LogP contribution in [0.15, 0.2) is 48.7 Å². The van der Waals surface area contributed by atoms with Crippen molar-refractivity contribution in [1.29, 1.82) is 0 Å². The first-order valence-electron chi connectivity index (χ1n) is 8.92. The number of pyridine rings is 1. The fraction of sp³-hybridized carbons (Fsp3) is 0.350. The first-order valence-corrected chi connectivity index (χ1v) is 8.92. The van der Waals surface area contributed by atoms with Crippen LogP contribution in [0.3, 0.4) is 0 Å². The number of carbonyl (C=O) groups excluding carboxylic acids is 2. The van der Waals surface area contributed by atoms with E-state index in [0.29, 0.717) is 18.5 Å². The van der Waals surface area contributed by atoms with Gasteiger partial charge in [-0.05, 0) is 43.3 Å². The number of hydrogen-bond donors (Lipinski definition) is 1. The van der Waals surface area contributed by atoms with Gasteiger partial charge in [0.25, 0.3) is 0 Å². The summed E-state index contributed by atoms with van der Waals surface area (Å²) in [4.78, 5) is 32.1. The minimum atomic E-state index is 0.0524. The molecule has 1 aromatic heterocycles. The molecule has 3 rings (SSSR count). The van der Waals surface area contributed by atoms with Gasteiger partial charge in [-0.2, -0.15) is 0 Å². The van der Waals surface area contributed by atoms with Gasteiger partial charge in [0.05, 0.1) is 0 Å². The number of ketones is 1. The number of benzene rings is 1. The Balaban J connectivity index is 1.41. The van der Waals surface area contributed by atoms with Crippen LogP contribution >= 0.6 is 0 Å². The van der Waals surface area contributed by atoms with E-state index in [-0.39, 0.29) is 11.7 Å². The summed E-state index contributed by atoms with van der Waals surface area (Å²) in [6.07, 6.45) is 2.25. The van der Waals surface area contributed by atoms with Crippen molar-refractivity contribution in [2.75, 3.05) is 42.9 Å².